The van der Waals surface area contributed by atoms with E-state index in [4.69, 9.17) is 14.5 Å². The summed E-state index contributed by atoms with van der Waals surface area (Å²) in [7, 11) is 3.34. The number of rotatable bonds is 5. The van der Waals surface area contributed by atoms with Crippen LogP contribution in [0.4, 0.5) is 0 Å². The topological polar surface area (TPSA) is 47.1 Å². The zero-order valence-electron chi connectivity index (χ0n) is 17.1. The number of aromatic amines is 1. The van der Waals surface area contributed by atoms with E-state index in [9.17, 15) is 0 Å². The third-order valence-corrected chi connectivity index (χ3v) is 5.08. The van der Waals surface area contributed by atoms with Gasteiger partial charge in [0, 0.05) is 16.7 Å². The molecule has 29 heavy (non-hydrogen) atoms. The first-order chi connectivity index (χ1) is 14.1. The number of aryl methyl sites for hydroxylation is 2. The van der Waals surface area contributed by atoms with E-state index in [1.165, 1.54) is 11.1 Å². The van der Waals surface area contributed by atoms with Crippen molar-refractivity contribution in [3.05, 3.63) is 77.9 Å². The monoisotopic (exact) mass is 384 g/mol. The van der Waals surface area contributed by atoms with Crippen molar-refractivity contribution in [3.8, 4) is 45.4 Å². The fourth-order valence-electron chi connectivity index (χ4n) is 3.50. The second kappa shape index (κ2) is 7.84. The van der Waals surface area contributed by atoms with E-state index < -0.39 is 0 Å². The van der Waals surface area contributed by atoms with Crippen LogP contribution in [0, 0.1) is 13.8 Å². The van der Waals surface area contributed by atoms with Crippen LogP contribution in [0.3, 0.4) is 0 Å². The SMILES string of the molecule is COc1ccc(-c2nc(-c3ccc(C)cc3C)[nH]c2-c2ccc(OC)cc2)cc1. The molecule has 0 aliphatic rings. The number of aromatic nitrogens is 2. The van der Waals surface area contributed by atoms with Crippen molar-refractivity contribution in [2.45, 2.75) is 13.8 Å². The molecule has 0 saturated carbocycles. The maximum atomic E-state index is 5.31. The maximum absolute atomic E-state index is 5.31. The predicted octanol–water partition coefficient (Wildman–Crippen LogP) is 6.04. The van der Waals surface area contributed by atoms with Crippen molar-refractivity contribution < 1.29 is 9.47 Å². The highest BCUT2D eigenvalue weighted by atomic mass is 16.5. The van der Waals surface area contributed by atoms with Crippen LogP contribution < -0.4 is 9.47 Å². The van der Waals surface area contributed by atoms with Gasteiger partial charge in [0.15, 0.2) is 0 Å². The highest BCUT2D eigenvalue weighted by Crippen LogP contribution is 2.35. The molecule has 4 rings (SSSR count). The van der Waals surface area contributed by atoms with E-state index >= 15 is 0 Å². The van der Waals surface area contributed by atoms with Gasteiger partial charge in [-0.25, -0.2) is 4.98 Å². The fraction of sp³-hybridized carbons (Fsp3) is 0.160. The normalized spacial score (nSPS) is 10.8. The van der Waals surface area contributed by atoms with Gasteiger partial charge in [-0.3, -0.25) is 0 Å². The van der Waals surface area contributed by atoms with Crippen LogP contribution in [0.5, 0.6) is 11.5 Å². The Hall–Kier alpha value is -3.53. The molecule has 0 aliphatic carbocycles. The molecular formula is C25H24N2O2. The number of nitrogens with zero attached hydrogens (tertiary/aromatic N) is 1. The minimum Gasteiger partial charge on any atom is -0.497 e. The van der Waals surface area contributed by atoms with Gasteiger partial charge in [0.2, 0.25) is 0 Å². The molecule has 1 heterocycles. The van der Waals surface area contributed by atoms with E-state index in [0.29, 0.717) is 0 Å². The Morgan fingerprint density at radius 3 is 1.86 bits per heavy atom. The summed E-state index contributed by atoms with van der Waals surface area (Å²) in [6.45, 7) is 4.22. The molecule has 0 atom stereocenters. The lowest BCUT2D eigenvalue weighted by atomic mass is 10.0. The minimum absolute atomic E-state index is 0.824. The third-order valence-electron chi connectivity index (χ3n) is 5.08. The third kappa shape index (κ3) is 3.74. The largest absolute Gasteiger partial charge is 0.497 e. The van der Waals surface area contributed by atoms with E-state index in [0.717, 1.165) is 45.4 Å². The average Bonchev–Trinajstić information content (AvgIpc) is 3.19. The fourth-order valence-corrected chi connectivity index (χ4v) is 3.50. The van der Waals surface area contributed by atoms with Crippen LogP contribution in [0.15, 0.2) is 66.7 Å². The molecule has 0 fully saturated rings. The summed E-state index contributed by atoms with van der Waals surface area (Å²) in [4.78, 5) is 8.54. The maximum Gasteiger partial charge on any atom is 0.138 e. The number of H-pyrrole nitrogens is 1. The quantitative estimate of drug-likeness (QED) is 0.456. The highest BCUT2D eigenvalue weighted by Gasteiger charge is 2.16. The van der Waals surface area contributed by atoms with Crippen molar-refractivity contribution in [1.29, 1.82) is 0 Å². The van der Waals surface area contributed by atoms with E-state index in [2.05, 4.69) is 37.0 Å². The van der Waals surface area contributed by atoms with Crippen molar-refractivity contribution >= 4 is 0 Å². The summed E-state index contributed by atoms with van der Waals surface area (Å²) >= 11 is 0. The van der Waals surface area contributed by atoms with Gasteiger partial charge in [-0.2, -0.15) is 0 Å². The summed E-state index contributed by atoms with van der Waals surface area (Å²) in [5, 5.41) is 0. The van der Waals surface area contributed by atoms with Gasteiger partial charge < -0.3 is 14.5 Å². The number of hydrogen-bond acceptors (Lipinski definition) is 3. The van der Waals surface area contributed by atoms with Gasteiger partial charge >= 0.3 is 0 Å². The van der Waals surface area contributed by atoms with Crippen molar-refractivity contribution in [1.82, 2.24) is 9.97 Å². The standard InChI is InChI=1S/C25H24N2O2/c1-16-5-14-22(17(2)15-16)25-26-23(18-6-10-20(28-3)11-7-18)24(27-25)19-8-12-21(29-4)13-9-19/h5-15H,1-4H3,(H,26,27). The van der Waals surface area contributed by atoms with Crippen LogP contribution in [-0.2, 0) is 0 Å². The summed E-state index contributed by atoms with van der Waals surface area (Å²) < 4.78 is 10.6. The average molecular weight is 384 g/mol. The molecule has 0 radical (unpaired) electrons. The Morgan fingerprint density at radius 2 is 1.31 bits per heavy atom. The lowest BCUT2D eigenvalue weighted by Gasteiger charge is -2.06. The zero-order chi connectivity index (χ0) is 20.4. The summed E-state index contributed by atoms with van der Waals surface area (Å²) in [5.74, 6) is 2.51. The Morgan fingerprint density at radius 1 is 0.724 bits per heavy atom. The summed E-state index contributed by atoms with van der Waals surface area (Å²) in [6, 6.07) is 22.4. The first-order valence-electron chi connectivity index (χ1n) is 9.55. The summed E-state index contributed by atoms with van der Waals surface area (Å²) in [5.41, 5.74) is 7.51. The van der Waals surface area contributed by atoms with Crippen molar-refractivity contribution in [2.24, 2.45) is 0 Å². The van der Waals surface area contributed by atoms with Crippen molar-refractivity contribution in [3.63, 3.8) is 0 Å². The lowest BCUT2D eigenvalue weighted by molar-refractivity contribution is 0.414. The summed E-state index contributed by atoms with van der Waals surface area (Å²) in [6.07, 6.45) is 0. The number of methoxy groups -OCH3 is 2. The van der Waals surface area contributed by atoms with Gasteiger partial charge in [-0.15, -0.1) is 0 Å². The smallest absolute Gasteiger partial charge is 0.138 e. The van der Waals surface area contributed by atoms with Gasteiger partial charge in [-0.1, -0.05) is 23.8 Å². The molecule has 3 aromatic carbocycles. The molecule has 0 aliphatic heterocycles. The first-order valence-corrected chi connectivity index (χ1v) is 9.55. The number of nitrogens with one attached hydrogen (secondary N) is 1. The number of benzene rings is 3. The zero-order valence-corrected chi connectivity index (χ0v) is 17.1. The Balaban J connectivity index is 1.87. The molecule has 1 N–H and O–H groups in total. The Bertz CT molecular complexity index is 1060. The second-order valence-electron chi connectivity index (χ2n) is 7.08. The molecule has 0 saturated heterocycles. The Kier molecular flexibility index (Phi) is 5.09. The van der Waals surface area contributed by atoms with E-state index in [1.807, 2.05) is 48.5 Å². The van der Waals surface area contributed by atoms with E-state index in [-0.39, 0.29) is 0 Å². The van der Waals surface area contributed by atoms with Gasteiger partial charge in [0.1, 0.15) is 17.3 Å². The molecule has 1 aromatic heterocycles. The van der Waals surface area contributed by atoms with Gasteiger partial charge in [0.25, 0.3) is 0 Å². The molecular weight excluding hydrogens is 360 g/mol. The molecule has 0 amide bonds. The second-order valence-corrected chi connectivity index (χ2v) is 7.08. The predicted molar refractivity (Wildman–Crippen MR) is 117 cm³/mol. The molecule has 146 valence electrons. The van der Waals surface area contributed by atoms with Crippen LogP contribution in [0.1, 0.15) is 11.1 Å². The Labute approximate surface area is 171 Å². The molecule has 4 heteroatoms. The van der Waals surface area contributed by atoms with E-state index in [1.54, 1.807) is 14.2 Å². The first kappa shape index (κ1) is 18.8. The van der Waals surface area contributed by atoms with Crippen LogP contribution in [-0.4, -0.2) is 24.2 Å². The molecule has 0 unspecified atom stereocenters. The lowest BCUT2D eigenvalue weighted by Crippen LogP contribution is -1.87. The van der Waals surface area contributed by atoms with Gasteiger partial charge in [0.05, 0.1) is 25.6 Å². The van der Waals surface area contributed by atoms with Crippen molar-refractivity contribution in [2.75, 3.05) is 14.2 Å². The molecule has 0 bridgehead atoms. The van der Waals surface area contributed by atoms with Crippen LogP contribution >= 0.6 is 0 Å². The molecule has 4 aromatic rings. The van der Waals surface area contributed by atoms with Crippen LogP contribution in [0.2, 0.25) is 0 Å². The highest BCUT2D eigenvalue weighted by molar-refractivity contribution is 5.82. The number of ether oxygens (including phenoxy) is 2. The van der Waals surface area contributed by atoms with Gasteiger partial charge in [-0.05, 0) is 67.9 Å². The number of hydrogen-bond donors (Lipinski definition) is 1. The van der Waals surface area contributed by atoms with Crippen LogP contribution in [0.25, 0.3) is 33.9 Å². The molecule has 4 nitrogen and oxygen atoms in total. The molecule has 0 spiro atoms. The number of imidazole rings is 1. The minimum atomic E-state index is 0.824.